The molecule has 8 heterocycles. The molecule has 0 aliphatic rings. The predicted molar refractivity (Wildman–Crippen MR) is 364 cm³/mol. The first kappa shape index (κ1) is 44.1. The van der Waals surface area contributed by atoms with Crippen LogP contribution in [0.2, 0.25) is 0 Å². The molecule has 0 aliphatic carbocycles. The highest BCUT2D eigenvalue weighted by Gasteiger charge is 2.17. The molecule has 4 atom stereocenters. The number of fused-ring (bicyclic) bond motifs is 12. The Morgan fingerprint density at radius 1 is 0.295 bits per heavy atom. The molecule has 4 unspecified atom stereocenters. The Kier molecular flexibility index (Phi) is 12.3. The van der Waals surface area contributed by atoms with Gasteiger partial charge in [0.05, 0.1) is 6.20 Å². The summed E-state index contributed by atoms with van der Waals surface area (Å²) in [5, 5.41) is 7.13. The summed E-state index contributed by atoms with van der Waals surface area (Å²) in [6, 6.07) is 66.2. The summed E-state index contributed by atoms with van der Waals surface area (Å²) in [6.07, 6.45) is 10.6. The fourth-order valence-corrected chi connectivity index (χ4v) is 11.2. The monoisotopic (exact) mass is 1160 g/mol. The van der Waals surface area contributed by atoms with E-state index in [4.69, 9.17) is 34.1 Å². The molecule has 0 aliphatic heterocycles. The molecule has 0 bridgehead atoms. The molecule has 0 saturated carbocycles. The molecular weight excluding hydrogens is 1080 g/mol. The fraction of sp³-hybridized carbons (Fsp3) is 0.150. The first-order valence-electron chi connectivity index (χ1n) is 35.2. The van der Waals surface area contributed by atoms with Crippen LogP contribution in [0.4, 0.5) is 0 Å². The molecule has 8 nitrogen and oxygen atoms in total. The molecule has 88 heavy (non-hydrogen) atoms. The largest absolute Gasteiger partial charge is 0.455 e. The molecule has 432 valence electrons. The molecule has 0 spiro atoms. The Morgan fingerprint density at radius 3 is 1.32 bits per heavy atom. The summed E-state index contributed by atoms with van der Waals surface area (Å²) < 4.78 is 115. The van der Waals surface area contributed by atoms with Crippen LogP contribution >= 0.6 is 0 Å². The Morgan fingerprint density at radius 2 is 0.739 bits per heavy atom. The Hall–Kier alpha value is -10.4. The lowest BCUT2D eigenvalue weighted by Crippen LogP contribution is -1.87. The molecule has 8 aromatic carbocycles. The van der Waals surface area contributed by atoms with Gasteiger partial charge < -0.3 is 17.7 Å². The van der Waals surface area contributed by atoms with Gasteiger partial charge in [-0.25, -0.2) is 4.98 Å². The van der Waals surface area contributed by atoms with Crippen LogP contribution in [0.1, 0.15) is 117 Å². The van der Waals surface area contributed by atoms with Crippen molar-refractivity contribution in [1.29, 1.82) is 0 Å². The third kappa shape index (κ3) is 11.2. The van der Waals surface area contributed by atoms with Crippen LogP contribution in [-0.4, -0.2) is 19.9 Å². The minimum Gasteiger partial charge on any atom is -0.455 e. The van der Waals surface area contributed by atoms with E-state index in [1.54, 1.807) is 58.7 Å². The number of hydrogen-bond donors (Lipinski definition) is 0. The van der Waals surface area contributed by atoms with Gasteiger partial charge in [0.25, 0.3) is 0 Å². The van der Waals surface area contributed by atoms with Crippen LogP contribution < -0.4 is 0 Å². The first-order valence-corrected chi connectivity index (χ1v) is 29.2. The molecule has 8 aromatic heterocycles. The highest BCUT2D eigenvalue weighted by Crippen LogP contribution is 2.40. The zero-order valence-electron chi connectivity index (χ0n) is 60.8. The second-order valence-corrected chi connectivity index (χ2v) is 22.0. The second kappa shape index (κ2) is 24.5. The maximum absolute atomic E-state index is 7.58. The topological polar surface area (TPSA) is 104 Å². The molecule has 8 heteroatoms. The van der Waals surface area contributed by atoms with E-state index in [-0.39, 0.29) is 0 Å². The van der Waals surface area contributed by atoms with Crippen molar-refractivity contribution in [3.63, 3.8) is 0 Å². The van der Waals surface area contributed by atoms with Gasteiger partial charge >= 0.3 is 0 Å². The zero-order valence-corrected chi connectivity index (χ0v) is 48.8. The molecule has 16 rings (SSSR count). The van der Waals surface area contributed by atoms with E-state index >= 15 is 0 Å². The lowest BCUT2D eigenvalue weighted by atomic mass is 9.98. The first-order chi connectivity index (χ1) is 47.8. The summed E-state index contributed by atoms with van der Waals surface area (Å²) in [4.78, 5) is 17.2. The number of pyridine rings is 4. The molecule has 0 amide bonds. The molecular formula is C80H68N4O4. The van der Waals surface area contributed by atoms with Crippen molar-refractivity contribution in [3.8, 4) is 44.5 Å². The fourth-order valence-electron chi connectivity index (χ4n) is 11.2. The van der Waals surface area contributed by atoms with Crippen molar-refractivity contribution in [2.45, 2.75) is 78.8 Å². The number of hydrogen-bond acceptors (Lipinski definition) is 8. The van der Waals surface area contributed by atoms with Gasteiger partial charge in [0.1, 0.15) is 33.4 Å². The van der Waals surface area contributed by atoms with Crippen LogP contribution in [0, 0.1) is 0 Å². The number of furan rings is 4. The van der Waals surface area contributed by atoms with Gasteiger partial charge in [-0.05, 0) is 111 Å². The van der Waals surface area contributed by atoms with E-state index < -0.39 is 51.1 Å². The Balaban J connectivity index is 0.000000119. The maximum Gasteiger partial charge on any atom is 0.227 e. The molecule has 0 radical (unpaired) electrons. The Labute approximate surface area is 529 Å². The molecule has 0 fully saturated rings. The van der Waals surface area contributed by atoms with Crippen molar-refractivity contribution in [3.05, 3.63) is 266 Å². The highest BCUT2D eigenvalue weighted by molar-refractivity contribution is 6.11. The average Bonchev–Trinajstić information content (AvgIpc) is 1.64. The van der Waals surface area contributed by atoms with Crippen LogP contribution in [0.15, 0.2) is 261 Å². The maximum atomic E-state index is 7.58. The summed E-state index contributed by atoms with van der Waals surface area (Å²) in [5.74, 6) is -1.98. The number of nitrogens with zero attached hydrogens (tertiary/aromatic N) is 4. The van der Waals surface area contributed by atoms with E-state index in [0.29, 0.717) is 5.71 Å². The highest BCUT2D eigenvalue weighted by atomic mass is 16.3. The number of benzene rings is 8. The molecule has 0 saturated heterocycles. The van der Waals surface area contributed by atoms with Crippen LogP contribution in [0.25, 0.3) is 133 Å². The van der Waals surface area contributed by atoms with Crippen LogP contribution in [0.3, 0.4) is 0 Å². The predicted octanol–water partition coefficient (Wildman–Crippen LogP) is 23.1. The minimum atomic E-state index is -2.00. The SMILES string of the molecule is [2H]C([2H])([2H])C(C)c1ccc(-c2cccc3c2oc2cnccc23)cc1.[2H]C([2H])([2H])C(C)c1ccc(-c2cccc3c2oc2ncccc23)cc1.[2H]C([2H])([2H])C(C)c1ccc(-c2ccnc3c2oc2ccccc23)cc1.[2H]C([2H])([2H])C(C)c1ccc(-c2cncc3c2oc2ccccc23)cc1. The van der Waals surface area contributed by atoms with E-state index in [9.17, 15) is 0 Å². The summed E-state index contributed by atoms with van der Waals surface area (Å²) in [6.45, 7) is -1.07. The number of rotatable bonds is 8. The van der Waals surface area contributed by atoms with Gasteiger partial charge in [-0.1, -0.05) is 219 Å². The van der Waals surface area contributed by atoms with Gasteiger partial charge in [0.2, 0.25) is 5.71 Å². The van der Waals surface area contributed by atoms with E-state index in [1.165, 1.54) is 0 Å². The zero-order chi connectivity index (χ0) is 70.4. The number of para-hydroxylation sites is 4. The van der Waals surface area contributed by atoms with Gasteiger partial charge in [-0.15, -0.1) is 0 Å². The van der Waals surface area contributed by atoms with Crippen LogP contribution in [-0.2, 0) is 0 Å². The van der Waals surface area contributed by atoms with Gasteiger partial charge in [0.15, 0.2) is 11.2 Å². The van der Waals surface area contributed by atoms with Crippen molar-refractivity contribution in [1.82, 2.24) is 19.9 Å². The quantitative estimate of drug-likeness (QED) is 0.148. The van der Waals surface area contributed by atoms with Gasteiger partial charge in [-0.2, -0.15) is 0 Å². The van der Waals surface area contributed by atoms with E-state index in [1.807, 2.05) is 212 Å². The standard InChI is InChI=1S/4C20H17NO/c1-13(2)14-8-10-15(11-9-14)16-5-3-6-17-18-7-4-12-21-20(18)22-19(16)17;1-13(2)14-6-8-15(9-7-14)16-4-3-5-18-17-10-11-21-12-19(17)22-20(16)18;1-13(2)14-7-9-15(10-8-14)17-11-21-12-18-16-5-3-4-6-19(16)22-20(17)18;1-13(2)14-7-9-15(10-8-14)16-11-12-21-19-17-5-3-4-6-18(17)22-20(16)19/h4*3-13H,1-2H3/i4*1D3. The summed E-state index contributed by atoms with van der Waals surface area (Å²) in [5.41, 5.74) is 18.0. The normalized spacial score (nSPS) is 15.4. The third-order valence-electron chi connectivity index (χ3n) is 16.0. The minimum absolute atomic E-state index is 0.491. The van der Waals surface area contributed by atoms with Crippen molar-refractivity contribution in [2.24, 2.45) is 0 Å². The molecule has 0 N–H and O–H groups in total. The third-order valence-corrected chi connectivity index (χ3v) is 16.0. The van der Waals surface area contributed by atoms with E-state index in [2.05, 4.69) is 19.9 Å². The second-order valence-electron chi connectivity index (χ2n) is 22.0. The van der Waals surface area contributed by atoms with E-state index in [0.717, 1.165) is 149 Å². The van der Waals surface area contributed by atoms with Gasteiger partial charge in [0, 0.05) is 107 Å². The van der Waals surface area contributed by atoms with Crippen molar-refractivity contribution in [2.75, 3.05) is 0 Å². The van der Waals surface area contributed by atoms with Crippen molar-refractivity contribution < 1.29 is 34.1 Å². The Bertz CT molecular complexity index is 4890. The summed E-state index contributed by atoms with van der Waals surface area (Å²) in [7, 11) is 0. The van der Waals surface area contributed by atoms with Crippen molar-refractivity contribution >= 4 is 88.0 Å². The number of aromatic nitrogens is 4. The molecule has 16 aromatic rings. The average molecular weight is 1160 g/mol. The lowest BCUT2D eigenvalue weighted by molar-refractivity contribution is 0.655. The van der Waals surface area contributed by atoms with Gasteiger partial charge in [-0.3, -0.25) is 15.0 Å². The lowest BCUT2D eigenvalue weighted by Gasteiger charge is -2.07. The summed E-state index contributed by atoms with van der Waals surface area (Å²) >= 11 is 0. The van der Waals surface area contributed by atoms with Crippen LogP contribution in [0.5, 0.6) is 0 Å². The smallest absolute Gasteiger partial charge is 0.227 e.